The minimum atomic E-state index is -0.506. The van der Waals surface area contributed by atoms with Gasteiger partial charge in [-0.25, -0.2) is 10.2 Å². The zero-order valence-corrected chi connectivity index (χ0v) is 22.8. The highest BCUT2D eigenvalue weighted by molar-refractivity contribution is 5.93. The summed E-state index contributed by atoms with van der Waals surface area (Å²) < 4.78 is 21.3. The molecule has 4 N–H and O–H groups in total. The summed E-state index contributed by atoms with van der Waals surface area (Å²) in [6.07, 6.45) is 6.14. The van der Waals surface area contributed by atoms with Crippen LogP contribution in [0.5, 0.6) is 23.0 Å². The van der Waals surface area contributed by atoms with E-state index in [9.17, 15) is 9.59 Å². The van der Waals surface area contributed by atoms with Gasteiger partial charge in [-0.3, -0.25) is 15.2 Å². The molecular weight excluding hydrogens is 502 g/mol. The van der Waals surface area contributed by atoms with Gasteiger partial charge in [0.15, 0.2) is 11.5 Å². The summed E-state index contributed by atoms with van der Waals surface area (Å²) >= 11 is 0. The number of ether oxygens (including phenoxy) is 4. The molecule has 11 nitrogen and oxygen atoms in total. The lowest BCUT2D eigenvalue weighted by atomic mass is 10.1. The average molecular weight is 538 g/mol. The Bertz CT molecular complexity index is 1290. The van der Waals surface area contributed by atoms with E-state index in [1.165, 1.54) is 27.4 Å². The van der Waals surface area contributed by atoms with Crippen molar-refractivity contribution in [2.45, 2.75) is 25.8 Å². The number of fused-ring (bicyclic) bond motifs is 1. The second-order valence-electron chi connectivity index (χ2n) is 8.60. The second-order valence-corrected chi connectivity index (χ2v) is 8.60. The van der Waals surface area contributed by atoms with Crippen molar-refractivity contribution in [3.8, 4) is 23.0 Å². The zero-order valence-electron chi connectivity index (χ0n) is 22.8. The number of methoxy groups -OCH3 is 4. The number of urea groups is 1. The summed E-state index contributed by atoms with van der Waals surface area (Å²) in [5, 5.41) is 7.19. The van der Waals surface area contributed by atoms with E-state index < -0.39 is 11.9 Å². The van der Waals surface area contributed by atoms with Gasteiger partial charge in [0.1, 0.15) is 5.75 Å². The third-order valence-electron chi connectivity index (χ3n) is 5.83. The first-order valence-corrected chi connectivity index (χ1v) is 12.4. The lowest BCUT2D eigenvalue weighted by Crippen LogP contribution is -2.46. The van der Waals surface area contributed by atoms with E-state index in [0.717, 1.165) is 35.2 Å². The molecule has 3 aromatic rings. The van der Waals surface area contributed by atoms with Gasteiger partial charge in [-0.2, -0.15) is 0 Å². The Labute approximate surface area is 227 Å². The predicted octanol–water partition coefficient (Wildman–Crippen LogP) is 3.89. The van der Waals surface area contributed by atoms with E-state index in [0.29, 0.717) is 29.4 Å². The number of aromatic nitrogens is 1. The molecule has 0 aliphatic heterocycles. The average Bonchev–Trinajstić information content (AvgIpc) is 2.96. The lowest BCUT2D eigenvalue weighted by molar-refractivity contribution is -0.117. The number of hydrogen-bond donors (Lipinski definition) is 4. The number of nitrogens with one attached hydrogen (secondary N) is 4. The summed E-state index contributed by atoms with van der Waals surface area (Å²) in [7, 11) is 6.17. The number of benzene rings is 2. The van der Waals surface area contributed by atoms with Gasteiger partial charge in [-0.05, 0) is 55.7 Å². The molecule has 0 fully saturated rings. The maximum atomic E-state index is 12.1. The largest absolute Gasteiger partial charge is 0.497 e. The van der Waals surface area contributed by atoms with Gasteiger partial charge in [0.25, 0.3) is 5.91 Å². The Hall–Kier alpha value is -4.67. The Morgan fingerprint density at radius 3 is 2.38 bits per heavy atom. The highest BCUT2D eigenvalue weighted by Gasteiger charge is 2.13. The molecule has 0 saturated heterocycles. The van der Waals surface area contributed by atoms with Crippen LogP contribution in [0.3, 0.4) is 0 Å². The fourth-order valence-electron chi connectivity index (χ4n) is 3.91. The third kappa shape index (κ3) is 8.16. The van der Waals surface area contributed by atoms with Crippen LogP contribution in [-0.4, -0.2) is 57.9 Å². The summed E-state index contributed by atoms with van der Waals surface area (Å²) in [5.41, 5.74) is 7.10. The number of rotatable bonds is 12. The third-order valence-corrected chi connectivity index (χ3v) is 5.83. The fourth-order valence-corrected chi connectivity index (χ4v) is 3.91. The number of anilines is 1. The van der Waals surface area contributed by atoms with Crippen molar-refractivity contribution in [2.75, 3.05) is 40.3 Å². The maximum Gasteiger partial charge on any atom is 0.333 e. The van der Waals surface area contributed by atoms with E-state index in [-0.39, 0.29) is 6.04 Å². The fraction of sp³-hybridized carbons (Fsp3) is 0.321. The van der Waals surface area contributed by atoms with Crippen LogP contribution in [0.15, 0.2) is 48.7 Å². The van der Waals surface area contributed by atoms with Gasteiger partial charge in [-0.1, -0.05) is 6.07 Å². The van der Waals surface area contributed by atoms with E-state index in [2.05, 4.69) is 33.4 Å². The Kier molecular flexibility index (Phi) is 10.6. The Morgan fingerprint density at radius 1 is 0.974 bits per heavy atom. The van der Waals surface area contributed by atoms with Crippen molar-refractivity contribution in [1.29, 1.82) is 0 Å². The van der Waals surface area contributed by atoms with Crippen LogP contribution < -0.4 is 40.4 Å². The molecule has 0 bridgehead atoms. The smallest absolute Gasteiger partial charge is 0.333 e. The predicted molar refractivity (Wildman–Crippen MR) is 150 cm³/mol. The molecule has 11 heteroatoms. The van der Waals surface area contributed by atoms with Crippen LogP contribution in [0.1, 0.15) is 25.3 Å². The SMILES string of the molecule is COc1cc(NC(C)CCCNC(=O)NNC(=O)/C=C/c2cc(OC)c(OC)c(OC)c2)c2ncccc2c1. The molecule has 0 aliphatic carbocycles. The molecule has 1 unspecified atom stereocenters. The molecule has 39 heavy (non-hydrogen) atoms. The Balaban J connectivity index is 1.41. The number of pyridine rings is 1. The van der Waals surface area contributed by atoms with Gasteiger partial charge in [-0.15, -0.1) is 0 Å². The lowest BCUT2D eigenvalue weighted by Gasteiger charge is -2.17. The number of amides is 3. The summed E-state index contributed by atoms with van der Waals surface area (Å²) in [6, 6.07) is 10.8. The molecule has 208 valence electrons. The molecule has 3 rings (SSSR count). The van der Waals surface area contributed by atoms with Crippen LogP contribution >= 0.6 is 0 Å². The first-order chi connectivity index (χ1) is 18.9. The summed E-state index contributed by atoms with van der Waals surface area (Å²) in [5.74, 6) is 1.63. The van der Waals surface area contributed by atoms with E-state index >= 15 is 0 Å². The quantitative estimate of drug-likeness (QED) is 0.155. The van der Waals surface area contributed by atoms with Crippen LogP contribution in [0.4, 0.5) is 10.5 Å². The number of hydrazine groups is 1. The van der Waals surface area contributed by atoms with Crippen molar-refractivity contribution < 1.29 is 28.5 Å². The normalized spacial score (nSPS) is 11.5. The van der Waals surface area contributed by atoms with E-state index in [1.54, 1.807) is 31.5 Å². The minimum absolute atomic E-state index is 0.132. The molecule has 0 radical (unpaired) electrons. The monoisotopic (exact) mass is 537 g/mol. The van der Waals surface area contributed by atoms with Crippen molar-refractivity contribution >= 4 is 34.6 Å². The topological polar surface area (TPSA) is 132 Å². The summed E-state index contributed by atoms with van der Waals surface area (Å²) in [4.78, 5) is 28.7. The van der Waals surface area contributed by atoms with Crippen LogP contribution in [0, 0.1) is 0 Å². The number of hydrogen-bond acceptors (Lipinski definition) is 8. The first kappa shape index (κ1) is 28.9. The van der Waals surface area contributed by atoms with Crippen molar-refractivity contribution in [3.05, 3.63) is 54.2 Å². The standard InChI is InChI=1S/C28H35N5O6/c1-18(31-22-17-21(36-2)16-20-9-7-12-29-26(20)22)8-6-13-30-28(35)33-32-25(34)11-10-19-14-23(37-3)27(39-5)24(15-19)38-4/h7,9-12,14-18,31H,6,8,13H2,1-5H3,(H,32,34)(H2,30,33,35)/b11-10+. The second kappa shape index (κ2) is 14.3. The van der Waals surface area contributed by atoms with Gasteiger partial charge in [0, 0.05) is 36.3 Å². The molecule has 1 aromatic heterocycles. The summed E-state index contributed by atoms with van der Waals surface area (Å²) in [6.45, 7) is 2.50. The van der Waals surface area contributed by atoms with Crippen molar-refractivity contribution in [2.24, 2.45) is 0 Å². The molecule has 2 aromatic carbocycles. The van der Waals surface area contributed by atoms with E-state index in [1.807, 2.05) is 24.3 Å². The first-order valence-electron chi connectivity index (χ1n) is 12.4. The highest BCUT2D eigenvalue weighted by Crippen LogP contribution is 2.38. The number of nitrogens with zero attached hydrogens (tertiary/aromatic N) is 1. The van der Waals surface area contributed by atoms with Crippen LogP contribution in [0.25, 0.3) is 17.0 Å². The Morgan fingerprint density at radius 2 is 1.72 bits per heavy atom. The molecule has 3 amide bonds. The maximum absolute atomic E-state index is 12.1. The molecule has 0 aliphatic rings. The van der Waals surface area contributed by atoms with Gasteiger partial charge in [0.05, 0.1) is 39.6 Å². The van der Waals surface area contributed by atoms with Gasteiger partial charge >= 0.3 is 6.03 Å². The zero-order chi connectivity index (χ0) is 28.2. The number of carbonyl (C=O) groups is 2. The van der Waals surface area contributed by atoms with Crippen LogP contribution in [0.2, 0.25) is 0 Å². The molecule has 0 saturated carbocycles. The van der Waals surface area contributed by atoms with Gasteiger partial charge in [0.2, 0.25) is 5.75 Å². The molecule has 0 spiro atoms. The highest BCUT2D eigenvalue weighted by atomic mass is 16.5. The van der Waals surface area contributed by atoms with Gasteiger partial charge < -0.3 is 29.6 Å². The number of carbonyl (C=O) groups excluding carboxylic acids is 2. The van der Waals surface area contributed by atoms with E-state index in [4.69, 9.17) is 18.9 Å². The van der Waals surface area contributed by atoms with Crippen molar-refractivity contribution in [1.82, 2.24) is 21.2 Å². The van der Waals surface area contributed by atoms with Crippen molar-refractivity contribution in [3.63, 3.8) is 0 Å². The molecule has 1 atom stereocenters. The molecule has 1 heterocycles. The molecular formula is C28H35N5O6. The van der Waals surface area contributed by atoms with Crippen LogP contribution in [-0.2, 0) is 4.79 Å². The minimum Gasteiger partial charge on any atom is -0.497 e.